The van der Waals surface area contributed by atoms with Gasteiger partial charge < -0.3 is 5.32 Å². The molecule has 0 spiro atoms. The van der Waals surface area contributed by atoms with Crippen molar-refractivity contribution < 1.29 is 0 Å². The Kier molecular flexibility index (Phi) is 3.15. The van der Waals surface area contributed by atoms with Gasteiger partial charge in [-0.1, -0.05) is 35.9 Å². The summed E-state index contributed by atoms with van der Waals surface area (Å²) < 4.78 is 0. The molecule has 0 saturated carbocycles. The van der Waals surface area contributed by atoms with Crippen molar-refractivity contribution >= 4 is 17.3 Å². The largest absolute Gasteiger partial charge is 0.381 e. The van der Waals surface area contributed by atoms with E-state index in [-0.39, 0.29) is 0 Å². The van der Waals surface area contributed by atoms with Crippen LogP contribution in [0.1, 0.15) is 16.7 Å². The molecule has 0 atom stereocenters. The monoisotopic (exact) mass is 268 g/mol. The standard InChI is InChI=1S/C16H13ClN2/c17-14-6-5-13(10-18)16(9-14)19-15-7-11-3-1-2-4-12(11)8-15/h1-6,9,15,19H,7-8H2. The molecule has 2 nitrogen and oxygen atoms in total. The second-order valence-electron chi connectivity index (χ2n) is 4.82. The summed E-state index contributed by atoms with van der Waals surface area (Å²) in [6.07, 6.45) is 1.99. The first-order chi connectivity index (χ1) is 9.26. The molecule has 0 radical (unpaired) electrons. The fourth-order valence-electron chi connectivity index (χ4n) is 2.61. The molecule has 0 amide bonds. The van der Waals surface area contributed by atoms with Gasteiger partial charge in [0.15, 0.2) is 0 Å². The van der Waals surface area contributed by atoms with Crippen molar-refractivity contribution in [2.24, 2.45) is 0 Å². The van der Waals surface area contributed by atoms with Gasteiger partial charge in [0, 0.05) is 11.1 Å². The fraction of sp³-hybridized carbons (Fsp3) is 0.188. The molecule has 2 aromatic carbocycles. The number of nitrogens with zero attached hydrogens (tertiary/aromatic N) is 1. The third-order valence-corrected chi connectivity index (χ3v) is 3.75. The number of anilines is 1. The summed E-state index contributed by atoms with van der Waals surface area (Å²) >= 11 is 6.00. The van der Waals surface area contributed by atoms with Gasteiger partial charge in [-0.15, -0.1) is 0 Å². The second-order valence-corrected chi connectivity index (χ2v) is 5.26. The Morgan fingerprint density at radius 1 is 1.11 bits per heavy atom. The molecular formula is C16H13ClN2. The molecule has 1 aliphatic carbocycles. The lowest BCUT2D eigenvalue weighted by Gasteiger charge is -2.15. The Morgan fingerprint density at radius 3 is 2.42 bits per heavy atom. The first-order valence-electron chi connectivity index (χ1n) is 6.29. The molecule has 0 bridgehead atoms. The molecule has 0 saturated heterocycles. The highest BCUT2D eigenvalue weighted by Gasteiger charge is 2.21. The van der Waals surface area contributed by atoms with Crippen LogP contribution in [0.2, 0.25) is 5.02 Å². The number of hydrogen-bond acceptors (Lipinski definition) is 2. The third-order valence-electron chi connectivity index (χ3n) is 3.51. The number of rotatable bonds is 2. The van der Waals surface area contributed by atoms with E-state index < -0.39 is 0 Å². The Labute approximate surface area is 117 Å². The quantitative estimate of drug-likeness (QED) is 0.899. The average molecular weight is 269 g/mol. The van der Waals surface area contributed by atoms with Crippen molar-refractivity contribution in [1.29, 1.82) is 5.26 Å². The lowest BCUT2D eigenvalue weighted by Crippen LogP contribution is -2.20. The summed E-state index contributed by atoms with van der Waals surface area (Å²) in [5.74, 6) is 0. The third kappa shape index (κ3) is 2.43. The molecule has 1 N–H and O–H groups in total. The summed E-state index contributed by atoms with van der Waals surface area (Å²) in [6, 6.07) is 16.3. The maximum absolute atomic E-state index is 9.12. The van der Waals surface area contributed by atoms with Gasteiger partial charge in [0.1, 0.15) is 6.07 Å². The highest BCUT2D eigenvalue weighted by molar-refractivity contribution is 6.30. The molecule has 94 valence electrons. The van der Waals surface area contributed by atoms with Crippen LogP contribution in [-0.2, 0) is 12.8 Å². The van der Waals surface area contributed by atoms with Crippen molar-refractivity contribution in [1.82, 2.24) is 0 Å². The van der Waals surface area contributed by atoms with Crippen LogP contribution in [0, 0.1) is 11.3 Å². The maximum Gasteiger partial charge on any atom is 0.101 e. The van der Waals surface area contributed by atoms with Gasteiger partial charge in [-0.05, 0) is 42.2 Å². The molecule has 3 rings (SSSR count). The summed E-state index contributed by atoms with van der Waals surface area (Å²) in [5, 5.41) is 13.2. The topological polar surface area (TPSA) is 35.8 Å². The van der Waals surface area contributed by atoms with Gasteiger partial charge in [0.25, 0.3) is 0 Å². The minimum Gasteiger partial charge on any atom is -0.381 e. The van der Waals surface area contributed by atoms with Crippen LogP contribution in [0.4, 0.5) is 5.69 Å². The van der Waals surface area contributed by atoms with Crippen molar-refractivity contribution in [3.8, 4) is 6.07 Å². The lowest BCUT2D eigenvalue weighted by molar-refractivity contribution is 0.774. The van der Waals surface area contributed by atoms with Gasteiger partial charge in [0.2, 0.25) is 0 Å². The molecule has 1 aliphatic rings. The summed E-state index contributed by atoms with van der Waals surface area (Å²) in [5.41, 5.74) is 4.24. The fourth-order valence-corrected chi connectivity index (χ4v) is 2.79. The van der Waals surface area contributed by atoms with Gasteiger partial charge in [-0.3, -0.25) is 0 Å². The Hall–Kier alpha value is -1.98. The van der Waals surface area contributed by atoms with E-state index in [2.05, 4.69) is 35.7 Å². The molecule has 0 aliphatic heterocycles. The van der Waals surface area contributed by atoms with Crippen molar-refractivity contribution in [2.75, 3.05) is 5.32 Å². The van der Waals surface area contributed by atoms with E-state index in [1.54, 1.807) is 12.1 Å². The number of halogens is 1. The van der Waals surface area contributed by atoms with E-state index >= 15 is 0 Å². The van der Waals surface area contributed by atoms with Gasteiger partial charge in [-0.2, -0.15) is 5.26 Å². The van der Waals surface area contributed by atoms with Crippen molar-refractivity contribution in [3.05, 3.63) is 64.2 Å². The van der Waals surface area contributed by atoms with Crippen LogP contribution in [0.3, 0.4) is 0 Å². The normalized spacial score (nSPS) is 13.9. The van der Waals surface area contributed by atoms with E-state index in [0.29, 0.717) is 16.6 Å². The lowest BCUT2D eigenvalue weighted by atomic mass is 10.1. The summed E-state index contributed by atoms with van der Waals surface area (Å²) in [7, 11) is 0. The summed E-state index contributed by atoms with van der Waals surface area (Å²) in [4.78, 5) is 0. The van der Waals surface area contributed by atoms with Crippen molar-refractivity contribution in [3.63, 3.8) is 0 Å². The minimum absolute atomic E-state index is 0.336. The predicted octanol–water partition coefficient (Wildman–Crippen LogP) is 3.79. The van der Waals surface area contributed by atoms with Crippen molar-refractivity contribution in [2.45, 2.75) is 18.9 Å². The van der Waals surface area contributed by atoms with Crippen LogP contribution in [0.25, 0.3) is 0 Å². The Bertz CT molecular complexity index is 633. The van der Waals surface area contributed by atoms with Gasteiger partial charge in [0.05, 0.1) is 11.3 Å². The minimum atomic E-state index is 0.336. The molecule has 0 fully saturated rings. The molecule has 2 aromatic rings. The zero-order valence-corrected chi connectivity index (χ0v) is 11.1. The van der Waals surface area contributed by atoms with Crippen LogP contribution in [-0.4, -0.2) is 6.04 Å². The van der Waals surface area contributed by atoms with E-state index in [4.69, 9.17) is 16.9 Å². The number of fused-ring (bicyclic) bond motifs is 1. The molecule has 0 aromatic heterocycles. The van der Waals surface area contributed by atoms with Gasteiger partial charge >= 0.3 is 0 Å². The average Bonchev–Trinajstić information content (AvgIpc) is 2.81. The zero-order valence-electron chi connectivity index (χ0n) is 10.4. The number of hydrogen-bond donors (Lipinski definition) is 1. The van der Waals surface area contributed by atoms with Crippen LogP contribution >= 0.6 is 11.6 Å². The van der Waals surface area contributed by atoms with E-state index in [0.717, 1.165) is 18.5 Å². The second kappa shape index (κ2) is 4.95. The number of nitriles is 1. The highest BCUT2D eigenvalue weighted by atomic mass is 35.5. The van der Waals surface area contributed by atoms with Gasteiger partial charge in [-0.25, -0.2) is 0 Å². The highest BCUT2D eigenvalue weighted by Crippen LogP contribution is 2.27. The smallest absolute Gasteiger partial charge is 0.101 e. The van der Waals surface area contributed by atoms with Crippen LogP contribution < -0.4 is 5.32 Å². The Morgan fingerprint density at radius 2 is 1.79 bits per heavy atom. The molecule has 0 heterocycles. The maximum atomic E-state index is 9.12. The summed E-state index contributed by atoms with van der Waals surface area (Å²) in [6.45, 7) is 0. The molecule has 3 heteroatoms. The zero-order chi connectivity index (χ0) is 13.2. The molecular weight excluding hydrogens is 256 g/mol. The SMILES string of the molecule is N#Cc1ccc(Cl)cc1NC1Cc2ccccc2C1. The van der Waals surface area contributed by atoms with E-state index in [9.17, 15) is 0 Å². The Balaban J connectivity index is 1.81. The number of nitrogens with one attached hydrogen (secondary N) is 1. The van der Waals surface area contributed by atoms with Crippen LogP contribution in [0.15, 0.2) is 42.5 Å². The first kappa shape index (κ1) is 12.1. The van der Waals surface area contributed by atoms with E-state index in [1.165, 1.54) is 11.1 Å². The van der Waals surface area contributed by atoms with E-state index in [1.807, 2.05) is 6.07 Å². The predicted molar refractivity (Wildman–Crippen MR) is 77.4 cm³/mol. The molecule has 0 unspecified atom stereocenters. The first-order valence-corrected chi connectivity index (χ1v) is 6.67. The van der Waals surface area contributed by atoms with Crippen LogP contribution in [0.5, 0.6) is 0 Å². The molecule has 19 heavy (non-hydrogen) atoms. The number of benzene rings is 2.